The van der Waals surface area contributed by atoms with Crippen LogP contribution in [0.4, 0.5) is 9.18 Å². The van der Waals surface area contributed by atoms with Crippen molar-refractivity contribution in [3.05, 3.63) is 59.8 Å². The van der Waals surface area contributed by atoms with Crippen LogP contribution in [0.5, 0.6) is 0 Å². The van der Waals surface area contributed by atoms with E-state index in [2.05, 4.69) is 16.0 Å². The van der Waals surface area contributed by atoms with E-state index in [4.69, 9.17) is 4.42 Å². The third-order valence-corrected chi connectivity index (χ3v) is 3.76. The Morgan fingerprint density at radius 3 is 2.46 bits per heavy atom. The smallest absolute Gasteiger partial charge is 0.315 e. The molecule has 0 saturated heterocycles. The number of urea groups is 1. The van der Waals surface area contributed by atoms with Crippen molar-refractivity contribution in [2.24, 2.45) is 0 Å². The number of hydrogen-bond donors (Lipinski definition) is 3. The number of benzene rings is 1. The Bertz CT molecular complexity index is 702. The molecule has 0 radical (unpaired) electrons. The van der Waals surface area contributed by atoms with Gasteiger partial charge in [-0.3, -0.25) is 9.69 Å². The zero-order valence-corrected chi connectivity index (χ0v) is 14.8. The van der Waals surface area contributed by atoms with E-state index >= 15 is 0 Å². The number of nitrogens with one attached hydrogen (secondary N) is 3. The molecule has 0 bridgehead atoms. The van der Waals surface area contributed by atoms with Gasteiger partial charge < -0.3 is 20.4 Å². The fourth-order valence-electron chi connectivity index (χ4n) is 2.30. The van der Waals surface area contributed by atoms with E-state index in [1.54, 1.807) is 24.5 Å². The molecule has 0 spiro atoms. The van der Waals surface area contributed by atoms with Gasteiger partial charge in [-0.15, -0.1) is 0 Å². The molecule has 3 amide bonds. The Morgan fingerprint density at radius 2 is 1.85 bits per heavy atom. The molecule has 3 N–H and O–H groups in total. The molecule has 1 aromatic heterocycles. The lowest BCUT2D eigenvalue weighted by molar-refractivity contribution is -0.120. The lowest BCUT2D eigenvalue weighted by atomic mass is 10.2. The molecule has 0 saturated carbocycles. The minimum absolute atomic E-state index is 0.0961. The SMILES string of the molecule is CN(C)C(CNC(=O)CNC(=O)NCc1ccc(F)cc1)c1ccco1. The number of hydrogen-bond acceptors (Lipinski definition) is 4. The van der Waals surface area contributed by atoms with Crippen LogP contribution in [0.15, 0.2) is 47.1 Å². The lowest BCUT2D eigenvalue weighted by Crippen LogP contribution is -2.43. The second-order valence-corrected chi connectivity index (χ2v) is 5.96. The van der Waals surface area contributed by atoms with E-state index in [9.17, 15) is 14.0 Å². The van der Waals surface area contributed by atoms with Gasteiger partial charge in [-0.05, 0) is 43.9 Å². The number of rotatable bonds is 8. The largest absolute Gasteiger partial charge is 0.468 e. The first-order chi connectivity index (χ1) is 12.5. The molecule has 140 valence electrons. The van der Waals surface area contributed by atoms with Crippen LogP contribution in [0.3, 0.4) is 0 Å². The monoisotopic (exact) mass is 362 g/mol. The number of halogens is 1. The van der Waals surface area contributed by atoms with Gasteiger partial charge in [-0.25, -0.2) is 9.18 Å². The summed E-state index contributed by atoms with van der Waals surface area (Å²) in [5.74, 6) is 0.112. The van der Waals surface area contributed by atoms with Gasteiger partial charge in [0.25, 0.3) is 0 Å². The van der Waals surface area contributed by atoms with Crippen LogP contribution in [0.2, 0.25) is 0 Å². The molecule has 1 heterocycles. The highest BCUT2D eigenvalue weighted by atomic mass is 19.1. The topological polar surface area (TPSA) is 86.6 Å². The molecule has 0 fully saturated rings. The van der Waals surface area contributed by atoms with Gasteiger partial charge >= 0.3 is 6.03 Å². The molecule has 26 heavy (non-hydrogen) atoms. The Kier molecular flexibility index (Phi) is 7.16. The summed E-state index contributed by atoms with van der Waals surface area (Å²) in [5.41, 5.74) is 0.762. The molecule has 0 aliphatic heterocycles. The highest BCUT2D eigenvalue weighted by Gasteiger charge is 2.17. The highest BCUT2D eigenvalue weighted by Crippen LogP contribution is 2.17. The van der Waals surface area contributed by atoms with Crippen molar-refractivity contribution < 1.29 is 18.4 Å². The Labute approximate surface area is 151 Å². The highest BCUT2D eigenvalue weighted by molar-refractivity contribution is 5.83. The van der Waals surface area contributed by atoms with Crippen LogP contribution < -0.4 is 16.0 Å². The van der Waals surface area contributed by atoms with Crippen LogP contribution in [0.1, 0.15) is 17.4 Å². The van der Waals surface area contributed by atoms with Crippen molar-refractivity contribution in [1.82, 2.24) is 20.9 Å². The minimum atomic E-state index is -0.473. The zero-order valence-electron chi connectivity index (χ0n) is 14.8. The minimum Gasteiger partial charge on any atom is -0.468 e. The predicted octanol–water partition coefficient (Wildman–Crippen LogP) is 1.64. The first-order valence-electron chi connectivity index (χ1n) is 8.18. The van der Waals surface area contributed by atoms with Gasteiger partial charge in [0.2, 0.25) is 5.91 Å². The predicted molar refractivity (Wildman–Crippen MR) is 94.8 cm³/mol. The number of likely N-dealkylation sites (N-methyl/N-ethyl adjacent to an activating group) is 1. The van der Waals surface area contributed by atoms with Gasteiger partial charge in [0, 0.05) is 13.1 Å². The summed E-state index contributed by atoms with van der Waals surface area (Å²) in [6.45, 7) is 0.459. The van der Waals surface area contributed by atoms with Gasteiger partial charge in [0.15, 0.2) is 0 Å². The van der Waals surface area contributed by atoms with Crippen molar-refractivity contribution in [2.45, 2.75) is 12.6 Å². The quantitative estimate of drug-likeness (QED) is 0.666. The van der Waals surface area contributed by atoms with Gasteiger partial charge in [-0.1, -0.05) is 12.1 Å². The molecular formula is C18H23FN4O3. The van der Waals surface area contributed by atoms with Crippen molar-refractivity contribution in [1.29, 1.82) is 0 Å². The Balaban J connectivity index is 1.69. The maximum Gasteiger partial charge on any atom is 0.315 e. The molecule has 1 atom stereocenters. The first kappa shape index (κ1) is 19.5. The summed E-state index contributed by atoms with van der Waals surface area (Å²) >= 11 is 0. The summed E-state index contributed by atoms with van der Waals surface area (Å²) in [6.07, 6.45) is 1.58. The summed E-state index contributed by atoms with van der Waals surface area (Å²) < 4.78 is 18.2. The number of carbonyl (C=O) groups is 2. The molecule has 2 rings (SSSR count). The number of carbonyl (C=O) groups excluding carboxylic acids is 2. The van der Waals surface area contributed by atoms with Crippen molar-refractivity contribution in [2.75, 3.05) is 27.2 Å². The first-order valence-corrected chi connectivity index (χ1v) is 8.18. The molecule has 2 aromatic rings. The van der Waals surface area contributed by atoms with E-state index < -0.39 is 6.03 Å². The summed E-state index contributed by atoms with van der Waals surface area (Å²) in [7, 11) is 3.78. The van der Waals surface area contributed by atoms with E-state index in [0.717, 1.165) is 11.3 Å². The molecule has 0 aliphatic rings. The standard InChI is InChI=1S/C18H23FN4O3/c1-23(2)15(16-4-3-9-26-16)11-20-17(24)12-22-18(25)21-10-13-5-7-14(19)8-6-13/h3-9,15H,10-12H2,1-2H3,(H,20,24)(H2,21,22,25). The van der Waals surface area contributed by atoms with Crippen LogP contribution in [0.25, 0.3) is 0 Å². The van der Waals surface area contributed by atoms with Crippen molar-refractivity contribution >= 4 is 11.9 Å². The molecular weight excluding hydrogens is 339 g/mol. The fourth-order valence-corrected chi connectivity index (χ4v) is 2.30. The van der Waals surface area contributed by atoms with Crippen LogP contribution in [0, 0.1) is 5.82 Å². The van der Waals surface area contributed by atoms with Crippen molar-refractivity contribution in [3.63, 3.8) is 0 Å². The summed E-state index contributed by atoms with van der Waals surface area (Å²) in [4.78, 5) is 25.6. The number of nitrogens with zero attached hydrogens (tertiary/aromatic N) is 1. The van der Waals surface area contributed by atoms with Gasteiger partial charge in [-0.2, -0.15) is 0 Å². The number of furan rings is 1. The maximum absolute atomic E-state index is 12.8. The second-order valence-electron chi connectivity index (χ2n) is 5.96. The average Bonchev–Trinajstić information content (AvgIpc) is 3.13. The van der Waals surface area contributed by atoms with Crippen LogP contribution >= 0.6 is 0 Å². The van der Waals surface area contributed by atoms with Gasteiger partial charge in [0.05, 0.1) is 18.8 Å². The molecule has 8 heteroatoms. The number of amides is 3. The normalized spacial score (nSPS) is 11.8. The van der Waals surface area contributed by atoms with E-state index in [1.165, 1.54) is 12.1 Å². The van der Waals surface area contributed by atoms with Crippen LogP contribution in [-0.4, -0.2) is 44.0 Å². The van der Waals surface area contributed by atoms with Crippen molar-refractivity contribution in [3.8, 4) is 0 Å². The fraction of sp³-hybridized carbons (Fsp3) is 0.333. The zero-order chi connectivity index (χ0) is 18.9. The van der Waals surface area contributed by atoms with E-state index in [0.29, 0.717) is 6.54 Å². The lowest BCUT2D eigenvalue weighted by Gasteiger charge is -2.22. The molecule has 7 nitrogen and oxygen atoms in total. The molecule has 1 unspecified atom stereocenters. The summed E-state index contributed by atoms with van der Waals surface area (Å²) in [6, 6.07) is 8.88. The van der Waals surface area contributed by atoms with Crippen LogP contribution in [-0.2, 0) is 11.3 Å². The Morgan fingerprint density at radius 1 is 1.12 bits per heavy atom. The maximum atomic E-state index is 12.8. The third-order valence-electron chi connectivity index (χ3n) is 3.76. The average molecular weight is 362 g/mol. The summed E-state index contributed by atoms with van der Waals surface area (Å²) in [5, 5.41) is 7.85. The second kappa shape index (κ2) is 9.57. The van der Waals surface area contributed by atoms with Gasteiger partial charge in [0.1, 0.15) is 11.6 Å². The third kappa shape index (κ3) is 6.21. The van der Waals surface area contributed by atoms with E-state index in [1.807, 2.05) is 25.1 Å². The van der Waals surface area contributed by atoms with E-state index in [-0.39, 0.29) is 30.9 Å². The molecule has 0 aliphatic carbocycles. The molecule has 1 aromatic carbocycles. The Hall–Kier alpha value is -2.87.